The molecule has 10 heteroatoms. The summed E-state index contributed by atoms with van der Waals surface area (Å²) in [6.07, 6.45) is 0. The van der Waals surface area contributed by atoms with Crippen LogP contribution in [0.1, 0.15) is 0 Å². The molecule has 8 nitrogen and oxygen atoms in total. The van der Waals surface area contributed by atoms with Gasteiger partial charge in [-0.2, -0.15) is 0 Å². The number of para-hydroxylation sites is 1. The Kier molecular flexibility index (Phi) is 15.8. The molecule has 22 aromatic rings. The van der Waals surface area contributed by atoms with Crippen LogP contribution in [-0.4, -0.2) is 39.0 Å². The van der Waals surface area contributed by atoms with Gasteiger partial charge in [-0.1, -0.05) is 267 Å². The molecule has 0 fully saturated rings. The molecule has 0 aliphatic carbocycles. The largest absolute Gasteiger partial charge is 0.309 e. The first kappa shape index (κ1) is 64.2. The van der Waals surface area contributed by atoms with Crippen molar-refractivity contribution >= 4 is 117 Å². The third kappa shape index (κ3) is 11.5. The third-order valence-electron chi connectivity index (χ3n) is 21.1. The van der Waals surface area contributed by atoms with Gasteiger partial charge in [0.1, 0.15) is 0 Å². The fourth-order valence-corrected chi connectivity index (χ4v) is 17.9. The van der Waals surface area contributed by atoms with E-state index in [2.05, 4.69) is 288 Å². The Hall–Kier alpha value is -14.2. The molecule has 0 amide bonds. The topological polar surface area (TPSA) is 87.2 Å². The SMILES string of the molecule is c1ccc(-c2ccc(-c3nc(-c4ccccc4)nc(-c4cccc(-n5c6ccccc6c6cc(-c7ccc8sc9ccccc9c8c7)ccc65)c4)n3)cc2)cc1.c1ccc(-c2nc(-c3ccccc3)nc(-c3ccc(-n4c5ccc(-c6ccc7sc8ccccc8c7c6)cc5c5c6ccccc6ccc54)cc3)n2)cc1. The van der Waals surface area contributed by atoms with Gasteiger partial charge in [0.05, 0.1) is 22.1 Å². The number of hydrogen-bond donors (Lipinski definition) is 0. The van der Waals surface area contributed by atoms with E-state index < -0.39 is 0 Å². The molecular formula is C100H62N8S2. The maximum Gasteiger partial charge on any atom is 0.164 e. The van der Waals surface area contributed by atoms with Crippen LogP contribution in [-0.2, 0) is 0 Å². The van der Waals surface area contributed by atoms with Gasteiger partial charge < -0.3 is 9.13 Å². The minimum Gasteiger partial charge on any atom is -0.309 e. The Morgan fingerprint density at radius 3 is 1.05 bits per heavy atom. The number of hydrogen-bond acceptors (Lipinski definition) is 8. The van der Waals surface area contributed by atoms with E-state index in [1.807, 2.05) is 120 Å². The number of benzene rings is 16. The van der Waals surface area contributed by atoms with Crippen LogP contribution in [0.4, 0.5) is 0 Å². The second-order valence-corrected chi connectivity index (χ2v) is 29.9. The van der Waals surface area contributed by atoms with Gasteiger partial charge in [-0.3, -0.25) is 0 Å². The molecule has 0 spiro atoms. The lowest BCUT2D eigenvalue weighted by atomic mass is 9.99. The van der Waals surface area contributed by atoms with Gasteiger partial charge in [-0.15, -0.1) is 22.7 Å². The molecule has 6 aromatic heterocycles. The van der Waals surface area contributed by atoms with Crippen molar-refractivity contribution in [3.8, 4) is 113 Å². The summed E-state index contributed by atoms with van der Waals surface area (Å²) in [5.41, 5.74) is 19.6. The Morgan fingerprint density at radius 2 is 0.509 bits per heavy atom. The van der Waals surface area contributed by atoms with E-state index in [0.717, 1.165) is 66.9 Å². The molecule has 6 heterocycles. The monoisotopic (exact) mass is 1440 g/mol. The van der Waals surface area contributed by atoms with Crippen molar-refractivity contribution < 1.29 is 0 Å². The lowest BCUT2D eigenvalue weighted by Gasteiger charge is -2.12. The summed E-state index contributed by atoms with van der Waals surface area (Å²) in [5.74, 6) is 3.85. The highest BCUT2D eigenvalue weighted by Gasteiger charge is 2.22. The zero-order valence-corrected chi connectivity index (χ0v) is 60.8. The molecule has 0 aliphatic heterocycles. The van der Waals surface area contributed by atoms with Crippen molar-refractivity contribution in [3.63, 3.8) is 0 Å². The first-order chi connectivity index (χ1) is 54.5. The highest BCUT2D eigenvalue weighted by Crippen LogP contribution is 2.44. The molecule has 22 rings (SSSR count). The van der Waals surface area contributed by atoms with E-state index in [-0.39, 0.29) is 0 Å². The normalized spacial score (nSPS) is 11.6. The fraction of sp³-hybridized carbons (Fsp3) is 0. The standard InChI is InChI=1S/C51H32N4S.C49H30N4S/c1-3-12-33(13-4-1)34-22-24-36(25-23-34)50-52-49(35-14-5-2-6-15-35)53-51(54-50)39-16-11-17-40(30-39)55-45-20-9-7-18-41(45)43-31-37(26-28-46(43)55)38-27-29-48-44(32-38)42-19-8-10-21-47(42)56-48;1-3-12-32(13-4-1)47-50-48(33-14-5-2-6-15-33)52-49(51-47)34-19-24-37(25-20-34)53-42-26-22-35(30-41(42)46-38-16-8-7-11-31(38)21-27-43(46)53)36-23-28-45-40(29-36)39-17-9-10-18-44(39)54-45/h1-32H;1-30H. The van der Waals surface area contributed by atoms with Crippen molar-refractivity contribution in [2.75, 3.05) is 0 Å². The first-order valence-electron chi connectivity index (χ1n) is 36.9. The van der Waals surface area contributed by atoms with Crippen LogP contribution in [0.3, 0.4) is 0 Å². The smallest absolute Gasteiger partial charge is 0.164 e. The fourth-order valence-electron chi connectivity index (χ4n) is 15.8. The molecule has 0 saturated carbocycles. The van der Waals surface area contributed by atoms with Crippen molar-refractivity contribution in [2.45, 2.75) is 0 Å². The van der Waals surface area contributed by atoms with Gasteiger partial charge >= 0.3 is 0 Å². The summed E-state index contributed by atoms with van der Waals surface area (Å²) in [6, 6.07) is 133. The third-order valence-corrected chi connectivity index (χ3v) is 23.4. The summed E-state index contributed by atoms with van der Waals surface area (Å²) in [6.45, 7) is 0. The van der Waals surface area contributed by atoms with Crippen LogP contribution in [0.25, 0.3) is 208 Å². The zero-order chi connectivity index (χ0) is 72.6. The minimum atomic E-state index is 0.627. The number of thiophene rings is 2. The molecule has 0 aliphatic rings. The number of fused-ring (bicyclic) bond motifs is 14. The van der Waals surface area contributed by atoms with E-state index in [9.17, 15) is 0 Å². The van der Waals surface area contributed by atoms with Gasteiger partial charge in [0.15, 0.2) is 34.9 Å². The lowest BCUT2D eigenvalue weighted by Crippen LogP contribution is -2.01. The summed E-state index contributed by atoms with van der Waals surface area (Å²) in [7, 11) is 0. The number of aromatic nitrogens is 8. The molecule has 0 atom stereocenters. The first-order valence-corrected chi connectivity index (χ1v) is 38.5. The highest BCUT2D eigenvalue weighted by atomic mass is 32.1. The summed E-state index contributed by atoms with van der Waals surface area (Å²) >= 11 is 3.71. The van der Waals surface area contributed by atoms with Gasteiger partial charge in [0.2, 0.25) is 0 Å². The van der Waals surface area contributed by atoms with Crippen LogP contribution in [0.5, 0.6) is 0 Å². The van der Waals surface area contributed by atoms with Crippen molar-refractivity contribution in [1.29, 1.82) is 0 Å². The molecule has 514 valence electrons. The van der Waals surface area contributed by atoms with Crippen LogP contribution in [0, 0.1) is 0 Å². The molecule has 0 radical (unpaired) electrons. The predicted octanol–water partition coefficient (Wildman–Crippen LogP) is 26.8. The second kappa shape index (κ2) is 27.0. The second-order valence-electron chi connectivity index (χ2n) is 27.7. The van der Waals surface area contributed by atoms with Gasteiger partial charge in [0.25, 0.3) is 0 Å². The molecule has 0 bridgehead atoms. The number of nitrogens with zero attached hydrogens (tertiary/aromatic N) is 8. The maximum atomic E-state index is 5.10. The van der Waals surface area contributed by atoms with Crippen molar-refractivity contribution in [3.05, 3.63) is 376 Å². The van der Waals surface area contributed by atoms with E-state index in [1.54, 1.807) is 0 Å². The van der Waals surface area contributed by atoms with Crippen molar-refractivity contribution in [1.82, 2.24) is 39.0 Å². The van der Waals surface area contributed by atoms with E-state index in [4.69, 9.17) is 29.9 Å². The summed E-state index contributed by atoms with van der Waals surface area (Å²) in [4.78, 5) is 30.0. The summed E-state index contributed by atoms with van der Waals surface area (Å²) in [5, 5.41) is 12.6. The van der Waals surface area contributed by atoms with Crippen LogP contribution in [0.15, 0.2) is 376 Å². The minimum absolute atomic E-state index is 0.627. The van der Waals surface area contributed by atoms with Crippen LogP contribution >= 0.6 is 22.7 Å². The quantitative estimate of drug-likeness (QED) is 0.128. The average molecular weight is 1440 g/mol. The lowest BCUT2D eigenvalue weighted by molar-refractivity contribution is 1.07. The maximum absolute atomic E-state index is 5.10. The Balaban J connectivity index is 0.000000140. The Bertz CT molecular complexity index is 7260. The number of rotatable bonds is 11. The zero-order valence-electron chi connectivity index (χ0n) is 59.2. The molecule has 0 saturated heterocycles. The average Bonchev–Trinajstić information content (AvgIpc) is 1.57. The molecule has 0 unspecified atom stereocenters. The van der Waals surface area contributed by atoms with Gasteiger partial charge in [0, 0.05) is 107 Å². The van der Waals surface area contributed by atoms with Crippen LogP contribution < -0.4 is 0 Å². The molecular weight excluding hydrogens is 1380 g/mol. The molecule has 110 heavy (non-hydrogen) atoms. The van der Waals surface area contributed by atoms with Crippen molar-refractivity contribution in [2.24, 2.45) is 0 Å². The highest BCUT2D eigenvalue weighted by molar-refractivity contribution is 7.26. The van der Waals surface area contributed by atoms with Gasteiger partial charge in [-0.05, 0) is 153 Å². The Labute approximate surface area is 641 Å². The molecule has 16 aromatic carbocycles. The van der Waals surface area contributed by atoms with Gasteiger partial charge in [-0.25, -0.2) is 29.9 Å². The van der Waals surface area contributed by atoms with E-state index in [1.165, 1.54) is 106 Å². The predicted molar refractivity (Wildman–Crippen MR) is 461 cm³/mol. The van der Waals surface area contributed by atoms with Crippen LogP contribution in [0.2, 0.25) is 0 Å². The van der Waals surface area contributed by atoms with E-state index in [0.29, 0.717) is 34.9 Å². The molecule has 0 N–H and O–H groups in total. The Morgan fingerprint density at radius 1 is 0.173 bits per heavy atom. The summed E-state index contributed by atoms with van der Waals surface area (Å²) < 4.78 is 10.0. The van der Waals surface area contributed by atoms with E-state index >= 15 is 0 Å².